The Morgan fingerprint density at radius 2 is 1.32 bits per heavy atom. The molecule has 28 heavy (non-hydrogen) atoms. The number of aliphatic hydroxyl groups is 1. The number of ether oxygens (including phenoxy) is 1. The van der Waals surface area contributed by atoms with Crippen molar-refractivity contribution in [2.75, 3.05) is 6.61 Å². The van der Waals surface area contributed by atoms with E-state index in [1.807, 2.05) is 0 Å². The molecule has 168 valence electrons. The van der Waals surface area contributed by atoms with Crippen LogP contribution < -0.4 is 0 Å². The first kappa shape index (κ1) is 27.5. The summed E-state index contributed by atoms with van der Waals surface area (Å²) in [6, 6.07) is 0. The van der Waals surface area contributed by atoms with Crippen LogP contribution in [0.15, 0.2) is 0 Å². The van der Waals surface area contributed by atoms with Gasteiger partial charge in [0.25, 0.3) is 0 Å². The third-order valence-electron chi connectivity index (χ3n) is 4.75. The van der Waals surface area contributed by atoms with Crippen molar-refractivity contribution in [1.82, 2.24) is 0 Å². The first-order valence-electron chi connectivity index (χ1n) is 10.8. The van der Waals surface area contributed by atoms with Crippen LogP contribution in [0.25, 0.3) is 0 Å². The van der Waals surface area contributed by atoms with Crippen molar-refractivity contribution in [2.24, 2.45) is 0 Å². The summed E-state index contributed by atoms with van der Waals surface area (Å²) in [5.74, 6) is -2.92. The van der Waals surface area contributed by atoms with Gasteiger partial charge in [0.15, 0.2) is 0 Å². The van der Waals surface area contributed by atoms with Gasteiger partial charge in [-0.15, -0.1) is 0 Å². The van der Waals surface area contributed by atoms with Gasteiger partial charge in [0.2, 0.25) is 5.91 Å². The van der Waals surface area contributed by atoms with Gasteiger partial charge in [-0.2, -0.15) is 0 Å². The molecule has 0 rings (SSSR count). The molecule has 0 bridgehead atoms. The number of rotatable bonds is 19. The SMILES string of the molecule is CCCCCCCCCCCCCCCC(=O)OC[C@@H](O)CC(F)P(=O)(O)O. The molecule has 8 heteroatoms. The van der Waals surface area contributed by atoms with E-state index in [0.717, 1.165) is 12.8 Å². The molecular weight excluding hydrogens is 386 g/mol. The molecule has 0 aromatic heterocycles. The Kier molecular flexibility index (Phi) is 17.1. The summed E-state index contributed by atoms with van der Waals surface area (Å²) in [5, 5.41) is 9.46. The van der Waals surface area contributed by atoms with Gasteiger partial charge in [-0.1, -0.05) is 84.0 Å². The predicted octanol–water partition coefficient (Wildman–Crippen LogP) is 5.24. The van der Waals surface area contributed by atoms with Crippen LogP contribution >= 0.6 is 7.60 Å². The Labute approximate surface area is 169 Å². The lowest BCUT2D eigenvalue weighted by atomic mass is 10.0. The largest absolute Gasteiger partial charge is 0.463 e. The highest BCUT2D eigenvalue weighted by atomic mass is 31.2. The normalized spacial score (nSPS) is 14.0. The van der Waals surface area contributed by atoms with E-state index in [2.05, 4.69) is 6.92 Å². The molecule has 0 radical (unpaired) electrons. The summed E-state index contributed by atoms with van der Waals surface area (Å²) in [7, 11) is -4.87. The van der Waals surface area contributed by atoms with Gasteiger partial charge in [0, 0.05) is 12.8 Å². The van der Waals surface area contributed by atoms with Crippen molar-refractivity contribution in [3.63, 3.8) is 0 Å². The molecule has 0 aliphatic heterocycles. The van der Waals surface area contributed by atoms with E-state index in [9.17, 15) is 18.9 Å². The third-order valence-corrected chi connectivity index (χ3v) is 5.69. The molecule has 0 amide bonds. The average molecular weight is 427 g/mol. The molecule has 0 aromatic rings. The Hall–Kier alpha value is -0.490. The van der Waals surface area contributed by atoms with E-state index in [0.29, 0.717) is 6.42 Å². The molecule has 0 saturated carbocycles. The molecule has 3 N–H and O–H groups in total. The quantitative estimate of drug-likeness (QED) is 0.148. The number of esters is 1. The molecule has 0 aliphatic carbocycles. The number of halogens is 1. The molecule has 0 fully saturated rings. The van der Waals surface area contributed by atoms with Crippen LogP contribution in [0, 0.1) is 0 Å². The fourth-order valence-electron chi connectivity index (χ4n) is 2.98. The molecule has 2 atom stereocenters. The van der Waals surface area contributed by atoms with Crippen LogP contribution in [0.2, 0.25) is 0 Å². The number of alkyl halides is 1. The van der Waals surface area contributed by atoms with Gasteiger partial charge in [-0.25, -0.2) is 4.39 Å². The number of hydrogen-bond acceptors (Lipinski definition) is 4. The number of carbonyl (C=O) groups is 1. The molecule has 0 spiro atoms. The zero-order valence-electron chi connectivity index (χ0n) is 17.4. The number of aliphatic hydroxyl groups excluding tert-OH is 1. The molecule has 0 aromatic carbocycles. The number of unbranched alkanes of at least 4 members (excludes halogenated alkanes) is 12. The maximum absolute atomic E-state index is 13.1. The minimum atomic E-state index is -4.87. The summed E-state index contributed by atoms with van der Waals surface area (Å²) in [5.41, 5.74) is 0. The fourth-order valence-corrected chi connectivity index (χ4v) is 3.50. The zero-order valence-corrected chi connectivity index (χ0v) is 18.3. The van der Waals surface area contributed by atoms with Gasteiger partial charge >= 0.3 is 13.6 Å². The lowest BCUT2D eigenvalue weighted by Crippen LogP contribution is -2.22. The van der Waals surface area contributed by atoms with Crippen LogP contribution in [-0.2, 0) is 14.1 Å². The molecule has 0 heterocycles. The van der Waals surface area contributed by atoms with Crippen LogP contribution in [0.3, 0.4) is 0 Å². The molecule has 6 nitrogen and oxygen atoms in total. The Balaban J connectivity index is 3.43. The maximum atomic E-state index is 13.1. The molecular formula is C20H40FO6P. The first-order chi connectivity index (χ1) is 13.3. The molecule has 0 aliphatic rings. The monoisotopic (exact) mass is 426 g/mol. The van der Waals surface area contributed by atoms with Gasteiger partial charge < -0.3 is 19.6 Å². The lowest BCUT2D eigenvalue weighted by molar-refractivity contribution is -0.147. The Bertz CT molecular complexity index is 429. The smallest absolute Gasteiger partial charge is 0.359 e. The fraction of sp³-hybridized carbons (Fsp3) is 0.950. The summed E-state index contributed by atoms with van der Waals surface area (Å²) in [6.45, 7) is 1.78. The summed E-state index contributed by atoms with van der Waals surface area (Å²) < 4.78 is 28.6. The standard InChI is InChI=1S/C20H40FO6P/c1-2-3-4-5-6-7-8-9-10-11-12-13-14-15-20(23)27-17-18(22)16-19(21)28(24,25)26/h18-19,22H,2-17H2,1H3,(H2,24,25,26)/t18-,19?/m0/s1. The Morgan fingerprint density at radius 3 is 1.75 bits per heavy atom. The summed E-state index contributed by atoms with van der Waals surface area (Å²) >= 11 is 0. The second-order valence-electron chi connectivity index (χ2n) is 7.59. The predicted molar refractivity (Wildman–Crippen MR) is 109 cm³/mol. The molecule has 1 unspecified atom stereocenters. The van der Waals surface area contributed by atoms with Crippen LogP contribution in [0.4, 0.5) is 4.39 Å². The van der Waals surface area contributed by atoms with Crippen molar-refractivity contribution in [3.05, 3.63) is 0 Å². The van der Waals surface area contributed by atoms with E-state index in [-0.39, 0.29) is 6.42 Å². The maximum Gasteiger partial charge on any atom is 0.359 e. The topological polar surface area (TPSA) is 104 Å². The average Bonchev–Trinajstić information content (AvgIpc) is 2.63. The summed E-state index contributed by atoms with van der Waals surface area (Å²) in [4.78, 5) is 28.8. The van der Waals surface area contributed by atoms with Crippen molar-refractivity contribution >= 4 is 13.6 Å². The van der Waals surface area contributed by atoms with Crippen molar-refractivity contribution in [1.29, 1.82) is 0 Å². The van der Waals surface area contributed by atoms with E-state index in [1.54, 1.807) is 0 Å². The van der Waals surface area contributed by atoms with Crippen LogP contribution in [0.1, 0.15) is 103 Å². The van der Waals surface area contributed by atoms with Gasteiger partial charge in [0.1, 0.15) is 6.61 Å². The van der Waals surface area contributed by atoms with Gasteiger partial charge in [-0.05, 0) is 6.42 Å². The highest BCUT2D eigenvalue weighted by molar-refractivity contribution is 7.52. The van der Waals surface area contributed by atoms with Gasteiger partial charge in [-0.3, -0.25) is 9.36 Å². The van der Waals surface area contributed by atoms with Crippen molar-refractivity contribution in [3.8, 4) is 0 Å². The highest BCUT2D eigenvalue weighted by Crippen LogP contribution is 2.44. The zero-order chi connectivity index (χ0) is 21.3. The minimum absolute atomic E-state index is 0.238. The second-order valence-corrected chi connectivity index (χ2v) is 9.33. The van der Waals surface area contributed by atoms with Crippen LogP contribution in [-0.4, -0.2) is 39.5 Å². The first-order valence-corrected chi connectivity index (χ1v) is 12.5. The number of carbonyl (C=O) groups excluding carboxylic acids is 1. The molecule has 0 saturated heterocycles. The lowest BCUT2D eigenvalue weighted by Gasteiger charge is -2.15. The van der Waals surface area contributed by atoms with E-state index in [1.165, 1.54) is 64.2 Å². The number of hydrogen-bond donors (Lipinski definition) is 3. The Morgan fingerprint density at radius 1 is 0.893 bits per heavy atom. The van der Waals surface area contributed by atoms with Gasteiger partial charge in [0.05, 0.1) is 6.10 Å². The van der Waals surface area contributed by atoms with Crippen molar-refractivity contribution in [2.45, 2.75) is 115 Å². The van der Waals surface area contributed by atoms with E-state index in [4.69, 9.17) is 14.5 Å². The van der Waals surface area contributed by atoms with Crippen LogP contribution in [0.5, 0.6) is 0 Å². The second kappa shape index (κ2) is 17.4. The van der Waals surface area contributed by atoms with E-state index >= 15 is 0 Å². The summed E-state index contributed by atoms with van der Waals surface area (Å²) in [6.07, 6.45) is 13.8. The minimum Gasteiger partial charge on any atom is -0.463 e. The third kappa shape index (κ3) is 17.6. The highest BCUT2D eigenvalue weighted by Gasteiger charge is 2.31. The van der Waals surface area contributed by atoms with Crippen molar-refractivity contribution < 1.29 is 33.4 Å². The van der Waals surface area contributed by atoms with E-state index < -0.39 is 38.6 Å².